The van der Waals surface area contributed by atoms with Crippen LogP contribution in [0, 0.1) is 0 Å². The van der Waals surface area contributed by atoms with Gasteiger partial charge in [-0.05, 0) is 31.5 Å². The van der Waals surface area contributed by atoms with Crippen LogP contribution >= 0.6 is 0 Å². The Hall–Kier alpha value is -1.35. The number of piperidine rings is 1. The maximum atomic E-state index is 11.0. The van der Waals surface area contributed by atoms with Crippen molar-refractivity contribution in [1.29, 1.82) is 0 Å². The summed E-state index contributed by atoms with van der Waals surface area (Å²) in [6.07, 6.45) is 3.79. The fraction of sp³-hybridized carbons (Fsp3) is 0.533. The fourth-order valence-electron chi connectivity index (χ4n) is 2.51. The van der Waals surface area contributed by atoms with Crippen molar-refractivity contribution in [2.75, 3.05) is 19.7 Å². The first-order chi connectivity index (χ1) is 8.77. The van der Waals surface area contributed by atoms with E-state index >= 15 is 0 Å². The number of esters is 1. The molecule has 0 amide bonds. The lowest BCUT2D eigenvalue weighted by Gasteiger charge is -2.34. The van der Waals surface area contributed by atoms with Crippen LogP contribution in [-0.2, 0) is 9.53 Å². The molecule has 3 heteroatoms. The highest BCUT2D eigenvalue weighted by Crippen LogP contribution is 2.24. The smallest absolute Gasteiger partial charge is 0.302 e. The summed E-state index contributed by atoms with van der Waals surface area (Å²) in [6, 6.07) is 10.5. The summed E-state index contributed by atoms with van der Waals surface area (Å²) in [5.74, 6) is -0.201. The van der Waals surface area contributed by atoms with E-state index in [9.17, 15) is 4.79 Å². The van der Waals surface area contributed by atoms with E-state index in [1.165, 1.54) is 31.7 Å². The van der Waals surface area contributed by atoms with E-state index in [2.05, 4.69) is 17.0 Å². The molecule has 0 radical (unpaired) electrons. The van der Waals surface area contributed by atoms with E-state index in [0.717, 1.165) is 13.1 Å². The molecule has 0 saturated carbocycles. The van der Waals surface area contributed by atoms with Gasteiger partial charge in [-0.25, -0.2) is 0 Å². The quantitative estimate of drug-likeness (QED) is 0.766. The average Bonchev–Trinajstić information content (AvgIpc) is 2.41. The Morgan fingerprint density at radius 3 is 2.50 bits per heavy atom. The van der Waals surface area contributed by atoms with Crippen LogP contribution in [0.2, 0.25) is 0 Å². The number of rotatable bonds is 4. The summed E-state index contributed by atoms with van der Waals surface area (Å²) in [7, 11) is 0. The van der Waals surface area contributed by atoms with Crippen LogP contribution in [0.4, 0.5) is 0 Å². The first-order valence-electron chi connectivity index (χ1n) is 6.70. The normalized spacial score (nSPS) is 18.3. The van der Waals surface area contributed by atoms with E-state index in [4.69, 9.17) is 4.74 Å². The molecule has 18 heavy (non-hydrogen) atoms. The molecule has 1 aliphatic rings. The van der Waals surface area contributed by atoms with Crippen LogP contribution in [0.5, 0.6) is 0 Å². The number of likely N-dealkylation sites (tertiary alicyclic amines) is 1. The van der Waals surface area contributed by atoms with Gasteiger partial charge in [-0.3, -0.25) is 9.69 Å². The monoisotopic (exact) mass is 247 g/mol. The standard InChI is InChI=1S/C15H21NO2/c1-13(17)18-12-15(14-8-4-2-5-9-14)16-10-6-3-7-11-16/h2,4-5,8-9,15H,3,6-7,10-12H2,1H3. The molecule has 98 valence electrons. The zero-order valence-electron chi connectivity index (χ0n) is 11.0. The third kappa shape index (κ3) is 3.57. The Labute approximate surface area is 109 Å². The van der Waals surface area contributed by atoms with Crippen LogP contribution in [0.3, 0.4) is 0 Å². The van der Waals surface area contributed by atoms with Crippen molar-refractivity contribution in [2.45, 2.75) is 32.2 Å². The molecule has 0 aromatic heterocycles. The van der Waals surface area contributed by atoms with Crippen molar-refractivity contribution < 1.29 is 9.53 Å². The number of carbonyl (C=O) groups excluding carboxylic acids is 1. The van der Waals surface area contributed by atoms with E-state index < -0.39 is 0 Å². The summed E-state index contributed by atoms with van der Waals surface area (Å²) >= 11 is 0. The Morgan fingerprint density at radius 2 is 1.89 bits per heavy atom. The van der Waals surface area contributed by atoms with Crippen LogP contribution in [-0.4, -0.2) is 30.6 Å². The summed E-state index contributed by atoms with van der Waals surface area (Å²) in [5.41, 5.74) is 1.24. The van der Waals surface area contributed by atoms with Gasteiger partial charge in [0.05, 0.1) is 6.04 Å². The SMILES string of the molecule is CC(=O)OCC(c1ccccc1)N1CCCCC1. The lowest BCUT2D eigenvalue weighted by atomic mass is 10.0. The highest BCUT2D eigenvalue weighted by molar-refractivity contribution is 5.65. The first kappa shape index (κ1) is 13.1. The van der Waals surface area contributed by atoms with Gasteiger partial charge in [0.1, 0.15) is 6.61 Å². The molecule has 3 nitrogen and oxygen atoms in total. The van der Waals surface area contributed by atoms with Gasteiger partial charge in [0.15, 0.2) is 0 Å². The molecule has 0 spiro atoms. The Balaban J connectivity index is 2.08. The Morgan fingerprint density at radius 1 is 1.22 bits per heavy atom. The number of ether oxygens (including phenoxy) is 1. The largest absolute Gasteiger partial charge is 0.464 e. The predicted octanol–water partition coefficient (Wildman–Crippen LogP) is 2.78. The van der Waals surface area contributed by atoms with Crippen LogP contribution in [0.15, 0.2) is 30.3 Å². The lowest BCUT2D eigenvalue weighted by molar-refractivity contribution is -0.143. The number of carbonyl (C=O) groups is 1. The van der Waals surface area contributed by atoms with Gasteiger partial charge in [-0.2, -0.15) is 0 Å². The van der Waals surface area contributed by atoms with Crippen LogP contribution < -0.4 is 0 Å². The molecule has 2 rings (SSSR count). The third-order valence-electron chi connectivity index (χ3n) is 3.46. The van der Waals surface area contributed by atoms with E-state index in [-0.39, 0.29) is 12.0 Å². The minimum Gasteiger partial charge on any atom is -0.464 e. The highest BCUT2D eigenvalue weighted by Gasteiger charge is 2.23. The molecule has 1 fully saturated rings. The number of hydrogen-bond acceptors (Lipinski definition) is 3. The number of nitrogens with zero attached hydrogens (tertiary/aromatic N) is 1. The summed E-state index contributed by atoms with van der Waals surface area (Å²) in [4.78, 5) is 13.5. The molecule has 1 heterocycles. The van der Waals surface area contributed by atoms with Gasteiger partial charge >= 0.3 is 5.97 Å². The van der Waals surface area contributed by atoms with Crippen molar-refractivity contribution in [3.05, 3.63) is 35.9 Å². The van der Waals surface area contributed by atoms with Crippen molar-refractivity contribution in [3.63, 3.8) is 0 Å². The summed E-state index contributed by atoms with van der Waals surface area (Å²) in [6.45, 7) is 4.12. The lowest BCUT2D eigenvalue weighted by Crippen LogP contribution is -2.36. The number of hydrogen-bond donors (Lipinski definition) is 0. The van der Waals surface area contributed by atoms with Gasteiger partial charge in [-0.1, -0.05) is 36.8 Å². The highest BCUT2D eigenvalue weighted by atomic mass is 16.5. The molecule has 0 aliphatic carbocycles. The van der Waals surface area contributed by atoms with Crippen LogP contribution in [0.25, 0.3) is 0 Å². The van der Waals surface area contributed by atoms with Crippen molar-refractivity contribution >= 4 is 5.97 Å². The van der Waals surface area contributed by atoms with Gasteiger partial charge in [0, 0.05) is 6.92 Å². The second kappa shape index (κ2) is 6.55. The molecule has 1 atom stereocenters. The Bertz CT molecular complexity index is 371. The van der Waals surface area contributed by atoms with Crippen molar-refractivity contribution in [2.24, 2.45) is 0 Å². The van der Waals surface area contributed by atoms with Gasteiger partial charge in [0.2, 0.25) is 0 Å². The zero-order chi connectivity index (χ0) is 12.8. The second-order valence-corrected chi connectivity index (χ2v) is 4.83. The van der Waals surface area contributed by atoms with E-state index in [1.807, 2.05) is 18.2 Å². The summed E-state index contributed by atoms with van der Waals surface area (Å²) < 4.78 is 5.23. The third-order valence-corrected chi connectivity index (χ3v) is 3.46. The zero-order valence-corrected chi connectivity index (χ0v) is 11.0. The molecule has 0 bridgehead atoms. The molecule has 1 aromatic carbocycles. The molecule has 1 saturated heterocycles. The van der Waals surface area contributed by atoms with Gasteiger partial charge < -0.3 is 4.74 Å². The predicted molar refractivity (Wildman–Crippen MR) is 71.2 cm³/mol. The van der Waals surface area contributed by atoms with Crippen LogP contribution in [0.1, 0.15) is 37.8 Å². The molecular formula is C15H21NO2. The average molecular weight is 247 g/mol. The summed E-state index contributed by atoms with van der Waals surface area (Å²) in [5, 5.41) is 0. The molecule has 1 aromatic rings. The molecule has 0 N–H and O–H groups in total. The minimum atomic E-state index is -0.201. The topological polar surface area (TPSA) is 29.5 Å². The maximum Gasteiger partial charge on any atom is 0.302 e. The number of benzene rings is 1. The molecular weight excluding hydrogens is 226 g/mol. The minimum absolute atomic E-state index is 0.201. The fourth-order valence-corrected chi connectivity index (χ4v) is 2.51. The van der Waals surface area contributed by atoms with E-state index in [1.54, 1.807) is 0 Å². The van der Waals surface area contributed by atoms with Crippen molar-refractivity contribution in [3.8, 4) is 0 Å². The van der Waals surface area contributed by atoms with Crippen molar-refractivity contribution in [1.82, 2.24) is 4.90 Å². The van der Waals surface area contributed by atoms with Gasteiger partial charge in [-0.15, -0.1) is 0 Å². The van der Waals surface area contributed by atoms with Gasteiger partial charge in [0.25, 0.3) is 0 Å². The van der Waals surface area contributed by atoms with E-state index in [0.29, 0.717) is 6.61 Å². The second-order valence-electron chi connectivity index (χ2n) is 4.83. The molecule has 1 aliphatic heterocycles. The maximum absolute atomic E-state index is 11.0. The molecule has 1 unspecified atom stereocenters. The first-order valence-corrected chi connectivity index (χ1v) is 6.70. The Kier molecular flexibility index (Phi) is 4.76.